The van der Waals surface area contributed by atoms with Gasteiger partial charge in [-0.3, -0.25) is 4.79 Å². The van der Waals surface area contributed by atoms with Crippen LogP contribution in [0.15, 0.2) is 48.5 Å². The van der Waals surface area contributed by atoms with Crippen molar-refractivity contribution in [2.45, 2.75) is 6.92 Å². The number of rotatable bonds is 8. The van der Waals surface area contributed by atoms with Gasteiger partial charge in [0.15, 0.2) is 6.61 Å². The van der Waals surface area contributed by atoms with Crippen LogP contribution in [-0.4, -0.2) is 32.8 Å². The van der Waals surface area contributed by atoms with Gasteiger partial charge in [0, 0.05) is 0 Å². The van der Waals surface area contributed by atoms with Gasteiger partial charge >= 0.3 is 0 Å². The Morgan fingerprint density at radius 2 is 1.74 bits per heavy atom. The van der Waals surface area contributed by atoms with Crippen molar-refractivity contribution in [1.29, 1.82) is 0 Å². The molecule has 0 fully saturated rings. The van der Waals surface area contributed by atoms with Gasteiger partial charge in [0.05, 0.1) is 13.7 Å². The Balaban J connectivity index is 1.62. The zero-order chi connectivity index (χ0) is 16.5. The maximum atomic E-state index is 11.7. The van der Waals surface area contributed by atoms with Crippen molar-refractivity contribution in [3.63, 3.8) is 0 Å². The van der Waals surface area contributed by atoms with Crippen molar-refractivity contribution in [3.05, 3.63) is 54.1 Å². The van der Waals surface area contributed by atoms with Crippen LogP contribution in [0.3, 0.4) is 0 Å². The van der Waals surface area contributed by atoms with Crippen LogP contribution >= 0.6 is 0 Å². The SMILES string of the molecule is COc1ccc(OCCNC(=O)COc2cccc(C)c2)cc1. The normalized spacial score (nSPS) is 10.0. The number of carbonyl (C=O) groups is 1. The highest BCUT2D eigenvalue weighted by molar-refractivity contribution is 5.77. The second-order valence-corrected chi connectivity index (χ2v) is 4.98. The summed E-state index contributed by atoms with van der Waals surface area (Å²) in [7, 11) is 1.62. The summed E-state index contributed by atoms with van der Waals surface area (Å²) in [4.78, 5) is 11.7. The topological polar surface area (TPSA) is 56.8 Å². The molecule has 0 aromatic heterocycles. The van der Waals surface area contributed by atoms with E-state index in [9.17, 15) is 4.79 Å². The summed E-state index contributed by atoms with van der Waals surface area (Å²) in [5, 5.41) is 2.75. The number of methoxy groups -OCH3 is 1. The van der Waals surface area contributed by atoms with E-state index in [4.69, 9.17) is 14.2 Å². The van der Waals surface area contributed by atoms with Gasteiger partial charge < -0.3 is 19.5 Å². The van der Waals surface area contributed by atoms with Crippen molar-refractivity contribution < 1.29 is 19.0 Å². The summed E-state index contributed by atoms with van der Waals surface area (Å²) in [5.74, 6) is 2.02. The molecule has 23 heavy (non-hydrogen) atoms. The van der Waals surface area contributed by atoms with Gasteiger partial charge in [0.1, 0.15) is 23.9 Å². The van der Waals surface area contributed by atoms with Gasteiger partial charge in [-0.1, -0.05) is 12.1 Å². The monoisotopic (exact) mass is 315 g/mol. The second-order valence-electron chi connectivity index (χ2n) is 4.98. The fraction of sp³-hybridized carbons (Fsp3) is 0.278. The van der Waals surface area contributed by atoms with Crippen molar-refractivity contribution in [3.8, 4) is 17.2 Å². The molecule has 1 amide bonds. The highest BCUT2D eigenvalue weighted by Crippen LogP contribution is 2.16. The molecule has 0 radical (unpaired) electrons. The van der Waals surface area contributed by atoms with Crippen LogP contribution in [0.2, 0.25) is 0 Å². The molecule has 0 unspecified atom stereocenters. The molecule has 0 saturated carbocycles. The Hall–Kier alpha value is -2.69. The summed E-state index contributed by atoms with van der Waals surface area (Å²) in [5.41, 5.74) is 1.09. The summed E-state index contributed by atoms with van der Waals surface area (Å²) >= 11 is 0. The van der Waals surface area contributed by atoms with E-state index in [1.54, 1.807) is 7.11 Å². The second kappa shape index (κ2) is 8.68. The smallest absolute Gasteiger partial charge is 0.258 e. The number of aryl methyl sites for hydroxylation is 1. The number of benzene rings is 2. The summed E-state index contributed by atoms with van der Waals surface area (Å²) in [6, 6.07) is 14.9. The first-order chi connectivity index (χ1) is 11.2. The molecular formula is C18H21NO4. The minimum Gasteiger partial charge on any atom is -0.497 e. The Morgan fingerprint density at radius 3 is 2.43 bits per heavy atom. The van der Waals surface area contributed by atoms with E-state index in [1.165, 1.54) is 0 Å². The molecular weight excluding hydrogens is 294 g/mol. The van der Waals surface area contributed by atoms with Crippen LogP contribution in [0.5, 0.6) is 17.2 Å². The van der Waals surface area contributed by atoms with Gasteiger partial charge in [-0.25, -0.2) is 0 Å². The average molecular weight is 315 g/mol. The predicted octanol–water partition coefficient (Wildman–Crippen LogP) is 2.58. The minimum absolute atomic E-state index is 0.00795. The van der Waals surface area contributed by atoms with Gasteiger partial charge in [-0.05, 0) is 48.9 Å². The zero-order valence-electron chi connectivity index (χ0n) is 13.4. The first kappa shape index (κ1) is 16.7. The van der Waals surface area contributed by atoms with E-state index >= 15 is 0 Å². The molecule has 1 N–H and O–H groups in total. The fourth-order valence-corrected chi connectivity index (χ4v) is 1.94. The zero-order valence-corrected chi connectivity index (χ0v) is 13.4. The van der Waals surface area contributed by atoms with E-state index in [-0.39, 0.29) is 12.5 Å². The number of nitrogens with one attached hydrogen (secondary N) is 1. The first-order valence-corrected chi connectivity index (χ1v) is 7.40. The lowest BCUT2D eigenvalue weighted by Crippen LogP contribution is -2.32. The molecule has 5 nitrogen and oxygen atoms in total. The van der Waals surface area contributed by atoms with Crippen LogP contribution in [0, 0.1) is 6.92 Å². The quantitative estimate of drug-likeness (QED) is 0.761. The highest BCUT2D eigenvalue weighted by atomic mass is 16.5. The molecule has 0 spiro atoms. The lowest BCUT2D eigenvalue weighted by molar-refractivity contribution is -0.123. The molecule has 2 aromatic carbocycles. The standard InChI is InChI=1S/C18H21NO4/c1-14-4-3-5-17(12-14)23-13-18(20)19-10-11-22-16-8-6-15(21-2)7-9-16/h3-9,12H,10-11,13H2,1-2H3,(H,19,20). The van der Waals surface area contributed by atoms with Crippen molar-refractivity contribution in [1.82, 2.24) is 5.32 Å². The van der Waals surface area contributed by atoms with Crippen LogP contribution in [0.1, 0.15) is 5.56 Å². The van der Waals surface area contributed by atoms with E-state index < -0.39 is 0 Å². The number of ether oxygens (including phenoxy) is 3. The molecule has 0 heterocycles. The maximum Gasteiger partial charge on any atom is 0.258 e. The molecule has 0 aliphatic heterocycles. The molecule has 122 valence electrons. The van der Waals surface area contributed by atoms with Gasteiger partial charge in [-0.2, -0.15) is 0 Å². The molecule has 0 bridgehead atoms. The van der Waals surface area contributed by atoms with E-state index in [2.05, 4.69) is 5.32 Å². The molecule has 0 saturated heterocycles. The van der Waals surface area contributed by atoms with Gasteiger partial charge in [0.2, 0.25) is 0 Å². The minimum atomic E-state index is -0.176. The molecule has 0 atom stereocenters. The van der Waals surface area contributed by atoms with Gasteiger partial charge in [-0.15, -0.1) is 0 Å². The van der Waals surface area contributed by atoms with E-state index in [0.29, 0.717) is 18.9 Å². The van der Waals surface area contributed by atoms with Crippen molar-refractivity contribution in [2.24, 2.45) is 0 Å². The van der Waals surface area contributed by atoms with Gasteiger partial charge in [0.25, 0.3) is 5.91 Å². The first-order valence-electron chi connectivity index (χ1n) is 7.40. The Kier molecular flexibility index (Phi) is 6.29. The van der Waals surface area contributed by atoms with Crippen LogP contribution < -0.4 is 19.5 Å². The number of carbonyl (C=O) groups excluding carboxylic acids is 1. The van der Waals surface area contributed by atoms with Crippen LogP contribution in [0.4, 0.5) is 0 Å². The summed E-state index contributed by atoms with van der Waals surface area (Å²) in [6.07, 6.45) is 0. The molecule has 2 rings (SSSR count). The third-order valence-corrected chi connectivity index (χ3v) is 3.11. The molecule has 2 aromatic rings. The third-order valence-electron chi connectivity index (χ3n) is 3.11. The van der Waals surface area contributed by atoms with E-state index in [0.717, 1.165) is 17.1 Å². The van der Waals surface area contributed by atoms with Crippen molar-refractivity contribution >= 4 is 5.91 Å². The Morgan fingerprint density at radius 1 is 1.00 bits per heavy atom. The summed E-state index contributed by atoms with van der Waals surface area (Å²) < 4.78 is 16.0. The highest BCUT2D eigenvalue weighted by Gasteiger charge is 2.03. The number of amides is 1. The lowest BCUT2D eigenvalue weighted by Gasteiger charge is -2.09. The predicted molar refractivity (Wildman–Crippen MR) is 88.2 cm³/mol. The maximum absolute atomic E-state index is 11.7. The van der Waals surface area contributed by atoms with Crippen molar-refractivity contribution in [2.75, 3.05) is 26.9 Å². The Labute approximate surface area is 136 Å². The Bertz CT molecular complexity index is 625. The average Bonchev–Trinajstić information content (AvgIpc) is 2.57. The van der Waals surface area contributed by atoms with Crippen LogP contribution in [-0.2, 0) is 4.79 Å². The molecule has 0 aliphatic carbocycles. The lowest BCUT2D eigenvalue weighted by atomic mass is 10.2. The number of hydrogen-bond donors (Lipinski definition) is 1. The fourth-order valence-electron chi connectivity index (χ4n) is 1.94. The van der Waals surface area contributed by atoms with Crippen LogP contribution in [0.25, 0.3) is 0 Å². The molecule has 5 heteroatoms. The van der Waals surface area contributed by atoms with E-state index in [1.807, 2.05) is 55.5 Å². The third kappa shape index (κ3) is 5.90. The number of hydrogen-bond acceptors (Lipinski definition) is 4. The largest absolute Gasteiger partial charge is 0.497 e. The molecule has 0 aliphatic rings. The summed E-state index contributed by atoms with van der Waals surface area (Å²) in [6.45, 7) is 2.78.